The summed E-state index contributed by atoms with van der Waals surface area (Å²) >= 11 is 0. The average Bonchev–Trinajstić information content (AvgIpc) is 2.63. The molecule has 0 radical (unpaired) electrons. The minimum Gasteiger partial charge on any atom is -0.500 e. The highest BCUT2D eigenvalue weighted by Gasteiger charge is 2.22. The lowest BCUT2D eigenvalue weighted by Gasteiger charge is -2.23. The minimum atomic E-state index is 0.195. The Morgan fingerprint density at radius 2 is 2.62 bits per heavy atom. The van der Waals surface area contributed by atoms with Crippen LogP contribution >= 0.6 is 0 Å². The summed E-state index contributed by atoms with van der Waals surface area (Å²) in [6.45, 7) is 4.64. The van der Waals surface area contributed by atoms with Crippen LogP contribution in [-0.2, 0) is 17.7 Å². The number of ether oxygens (including phenoxy) is 1. The first-order valence-electron chi connectivity index (χ1n) is 4.28. The summed E-state index contributed by atoms with van der Waals surface area (Å²) in [5.41, 5.74) is 2.28. The van der Waals surface area contributed by atoms with Crippen molar-refractivity contribution in [2.24, 2.45) is 0 Å². The number of aromatic amines is 1. The van der Waals surface area contributed by atoms with Gasteiger partial charge >= 0.3 is 0 Å². The molecule has 0 aliphatic carbocycles. The first kappa shape index (κ1) is 8.31. The van der Waals surface area contributed by atoms with E-state index in [0.717, 1.165) is 24.4 Å². The van der Waals surface area contributed by atoms with Gasteiger partial charge in [-0.2, -0.15) is 0 Å². The van der Waals surface area contributed by atoms with Gasteiger partial charge in [-0.05, 0) is 0 Å². The highest BCUT2D eigenvalue weighted by atomic mass is 16.5. The maximum atomic E-state index is 5.09. The Kier molecular flexibility index (Phi) is 2.06. The van der Waals surface area contributed by atoms with E-state index in [1.165, 1.54) is 5.69 Å². The van der Waals surface area contributed by atoms with E-state index in [0.29, 0.717) is 0 Å². The number of hydrogen-bond donors (Lipinski definition) is 2. The van der Waals surface area contributed by atoms with Crippen LogP contribution in [0.4, 0.5) is 0 Å². The lowest BCUT2D eigenvalue weighted by Crippen LogP contribution is -2.37. The fourth-order valence-corrected chi connectivity index (χ4v) is 1.54. The van der Waals surface area contributed by atoms with Crippen LogP contribution in [0.2, 0.25) is 0 Å². The molecule has 2 rings (SSSR count). The van der Waals surface area contributed by atoms with Crippen LogP contribution in [0.1, 0.15) is 11.4 Å². The van der Waals surface area contributed by atoms with Gasteiger partial charge in [0, 0.05) is 13.0 Å². The molecule has 1 aliphatic heterocycles. The molecule has 2 heterocycles. The molecule has 0 fully saturated rings. The predicted molar refractivity (Wildman–Crippen MR) is 49.1 cm³/mol. The second-order valence-corrected chi connectivity index (χ2v) is 3.14. The van der Waals surface area contributed by atoms with Crippen LogP contribution < -0.4 is 5.32 Å². The molecule has 0 spiro atoms. The molecule has 0 amide bonds. The predicted octanol–water partition coefficient (Wildman–Crippen LogP) is 0.584. The quantitative estimate of drug-likeness (QED) is 0.653. The summed E-state index contributed by atoms with van der Waals surface area (Å²) in [7, 11) is 1.64. The number of methoxy groups -OCH3 is 1. The summed E-state index contributed by atoms with van der Waals surface area (Å²) in [6.07, 6.45) is 2.58. The molecule has 4 heteroatoms. The number of rotatable bonds is 2. The van der Waals surface area contributed by atoms with E-state index in [1.807, 2.05) is 0 Å². The van der Waals surface area contributed by atoms with E-state index in [-0.39, 0.29) is 6.04 Å². The smallest absolute Gasteiger partial charge is 0.106 e. The van der Waals surface area contributed by atoms with E-state index in [2.05, 4.69) is 21.9 Å². The van der Waals surface area contributed by atoms with Crippen molar-refractivity contribution < 1.29 is 4.74 Å². The molecule has 4 nitrogen and oxygen atoms in total. The van der Waals surface area contributed by atoms with E-state index >= 15 is 0 Å². The zero-order chi connectivity index (χ0) is 9.26. The number of aromatic nitrogens is 2. The Hall–Kier alpha value is -1.29. The summed E-state index contributed by atoms with van der Waals surface area (Å²) in [5.74, 6) is 0.772. The number of imidazole rings is 1. The second kappa shape index (κ2) is 3.22. The van der Waals surface area contributed by atoms with Gasteiger partial charge in [-0.1, -0.05) is 6.58 Å². The first-order valence-corrected chi connectivity index (χ1v) is 4.28. The van der Waals surface area contributed by atoms with Gasteiger partial charge in [-0.25, -0.2) is 4.98 Å². The van der Waals surface area contributed by atoms with Gasteiger partial charge in [0.15, 0.2) is 0 Å². The fraction of sp³-hybridized carbons (Fsp3) is 0.444. The molecule has 0 saturated carbocycles. The van der Waals surface area contributed by atoms with Crippen molar-refractivity contribution in [3.05, 3.63) is 30.1 Å². The molecular weight excluding hydrogens is 166 g/mol. The average molecular weight is 179 g/mol. The van der Waals surface area contributed by atoms with E-state index < -0.39 is 0 Å². The lowest BCUT2D eigenvalue weighted by atomic mass is 10.0. The molecule has 1 aliphatic rings. The van der Waals surface area contributed by atoms with Crippen molar-refractivity contribution in [2.45, 2.75) is 19.0 Å². The van der Waals surface area contributed by atoms with Crippen molar-refractivity contribution in [3.8, 4) is 0 Å². The number of nitrogens with one attached hydrogen (secondary N) is 2. The van der Waals surface area contributed by atoms with Crippen LogP contribution in [0.25, 0.3) is 0 Å². The largest absolute Gasteiger partial charge is 0.500 e. The third kappa shape index (κ3) is 1.45. The topological polar surface area (TPSA) is 49.9 Å². The monoisotopic (exact) mass is 179 g/mol. The minimum absolute atomic E-state index is 0.195. The van der Waals surface area contributed by atoms with Gasteiger partial charge in [0.25, 0.3) is 0 Å². The normalized spacial score (nSPS) is 20.8. The molecule has 1 atom stereocenters. The maximum Gasteiger partial charge on any atom is 0.106 e. The Bertz CT molecular complexity index is 318. The zero-order valence-corrected chi connectivity index (χ0v) is 7.63. The Balaban J connectivity index is 2.13. The van der Waals surface area contributed by atoms with Crippen molar-refractivity contribution in [2.75, 3.05) is 7.11 Å². The van der Waals surface area contributed by atoms with E-state index in [1.54, 1.807) is 13.4 Å². The third-order valence-corrected chi connectivity index (χ3v) is 2.38. The van der Waals surface area contributed by atoms with Crippen molar-refractivity contribution in [3.63, 3.8) is 0 Å². The van der Waals surface area contributed by atoms with Crippen LogP contribution in [0.5, 0.6) is 0 Å². The molecule has 13 heavy (non-hydrogen) atoms. The van der Waals surface area contributed by atoms with E-state index in [4.69, 9.17) is 4.74 Å². The molecule has 70 valence electrons. The second-order valence-electron chi connectivity index (χ2n) is 3.14. The van der Waals surface area contributed by atoms with Crippen LogP contribution in [0.15, 0.2) is 18.7 Å². The number of fused-ring (bicyclic) bond motifs is 1. The zero-order valence-electron chi connectivity index (χ0n) is 7.63. The maximum absolute atomic E-state index is 5.09. The summed E-state index contributed by atoms with van der Waals surface area (Å²) < 4.78 is 5.09. The first-order chi connectivity index (χ1) is 6.31. The standard InChI is InChI=1S/C9H13N3O/c1-6(13-2)7-3-8-9(4-10-7)12-5-11-8/h5,7,10H,1,3-4H2,2H3,(H,11,12). The fourth-order valence-electron chi connectivity index (χ4n) is 1.54. The van der Waals surface area contributed by atoms with Crippen LogP contribution in [-0.4, -0.2) is 23.1 Å². The molecule has 1 unspecified atom stereocenters. The molecule has 0 aromatic carbocycles. The van der Waals surface area contributed by atoms with Gasteiger partial charge in [0.2, 0.25) is 0 Å². The molecular formula is C9H13N3O. The molecule has 0 bridgehead atoms. The SMILES string of the molecule is C=C(OC)C1Cc2nc[nH]c2CN1. The van der Waals surface area contributed by atoms with Gasteiger partial charge in [-0.3, -0.25) is 0 Å². The summed E-state index contributed by atoms with van der Waals surface area (Å²) in [5, 5.41) is 3.32. The highest BCUT2D eigenvalue weighted by molar-refractivity contribution is 5.19. The van der Waals surface area contributed by atoms with E-state index in [9.17, 15) is 0 Å². The van der Waals surface area contributed by atoms with Gasteiger partial charge in [-0.15, -0.1) is 0 Å². The van der Waals surface area contributed by atoms with Crippen LogP contribution in [0.3, 0.4) is 0 Å². The van der Waals surface area contributed by atoms with Crippen molar-refractivity contribution in [1.29, 1.82) is 0 Å². The van der Waals surface area contributed by atoms with Crippen molar-refractivity contribution >= 4 is 0 Å². The molecule has 2 N–H and O–H groups in total. The summed E-state index contributed by atoms with van der Waals surface area (Å²) in [6, 6.07) is 0.195. The Morgan fingerprint density at radius 1 is 1.77 bits per heavy atom. The van der Waals surface area contributed by atoms with Gasteiger partial charge in [0.05, 0.1) is 30.9 Å². The third-order valence-electron chi connectivity index (χ3n) is 2.38. The van der Waals surface area contributed by atoms with Gasteiger partial charge in [0.1, 0.15) is 5.76 Å². The molecule has 1 aromatic heterocycles. The number of nitrogens with zero attached hydrogens (tertiary/aromatic N) is 1. The Morgan fingerprint density at radius 3 is 3.38 bits per heavy atom. The molecule has 1 aromatic rings. The summed E-state index contributed by atoms with van der Waals surface area (Å²) in [4.78, 5) is 7.32. The number of H-pyrrole nitrogens is 1. The van der Waals surface area contributed by atoms with Crippen molar-refractivity contribution in [1.82, 2.24) is 15.3 Å². The molecule has 0 saturated heterocycles. The number of hydrogen-bond acceptors (Lipinski definition) is 3. The highest BCUT2D eigenvalue weighted by Crippen LogP contribution is 2.16. The van der Waals surface area contributed by atoms with Crippen LogP contribution in [0, 0.1) is 0 Å². The lowest BCUT2D eigenvalue weighted by molar-refractivity contribution is 0.247. The Labute approximate surface area is 77.0 Å². The van der Waals surface area contributed by atoms with Gasteiger partial charge < -0.3 is 15.0 Å².